The summed E-state index contributed by atoms with van der Waals surface area (Å²) in [4.78, 5) is 16.3. The highest BCUT2D eigenvalue weighted by molar-refractivity contribution is 6.10. The standard InChI is InChI=1S/C16H13N3O2/c17-13-5-2-4-12(15(13)20)16(21)19-14-6-1-3-10-9-18-8-7-11(10)14/h1-9,20H,17H2,(H,19,21). The van der Waals surface area contributed by atoms with E-state index in [1.54, 1.807) is 24.5 Å². The zero-order valence-corrected chi connectivity index (χ0v) is 11.1. The molecule has 0 saturated carbocycles. The summed E-state index contributed by atoms with van der Waals surface area (Å²) in [6.45, 7) is 0. The van der Waals surface area contributed by atoms with Gasteiger partial charge in [-0.2, -0.15) is 0 Å². The fraction of sp³-hybridized carbons (Fsp3) is 0. The third kappa shape index (κ3) is 2.36. The van der Waals surface area contributed by atoms with E-state index in [1.165, 1.54) is 12.1 Å². The van der Waals surface area contributed by atoms with E-state index in [2.05, 4.69) is 10.3 Å². The molecule has 3 rings (SSSR count). The molecule has 5 heteroatoms. The van der Waals surface area contributed by atoms with E-state index in [0.717, 1.165) is 10.8 Å². The predicted molar refractivity (Wildman–Crippen MR) is 82.2 cm³/mol. The number of amides is 1. The van der Waals surface area contributed by atoms with Crippen LogP contribution in [0.1, 0.15) is 10.4 Å². The van der Waals surface area contributed by atoms with E-state index in [4.69, 9.17) is 5.73 Å². The highest BCUT2D eigenvalue weighted by Crippen LogP contribution is 2.27. The lowest BCUT2D eigenvalue weighted by atomic mass is 10.1. The molecule has 0 unspecified atom stereocenters. The number of aromatic hydroxyl groups is 1. The summed E-state index contributed by atoms with van der Waals surface area (Å²) in [5.74, 6) is -0.624. The number of para-hydroxylation sites is 1. The first kappa shape index (κ1) is 12.9. The number of carbonyl (C=O) groups excluding carboxylic acids is 1. The molecule has 1 heterocycles. The van der Waals surface area contributed by atoms with Crippen LogP contribution in [0.15, 0.2) is 54.9 Å². The lowest BCUT2D eigenvalue weighted by molar-refractivity contribution is 0.102. The van der Waals surface area contributed by atoms with Crippen LogP contribution in [0, 0.1) is 0 Å². The van der Waals surface area contributed by atoms with Crippen molar-refractivity contribution >= 4 is 28.1 Å². The molecular formula is C16H13N3O2. The number of anilines is 2. The molecule has 0 aliphatic heterocycles. The van der Waals surface area contributed by atoms with Gasteiger partial charge in [-0.25, -0.2) is 0 Å². The Kier molecular flexibility index (Phi) is 3.16. The summed E-state index contributed by atoms with van der Waals surface area (Å²) < 4.78 is 0. The number of phenols is 1. The minimum Gasteiger partial charge on any atom is -0.505 e. The summed E-state index contributed by atoms with van der Waals surface area (Å²) >= 11 is 0. The summed E-state index contributed by atoms with van der Waals surface area (Å²) in [5.41, 5.74) is 6.57. The van der Waals surface area contributed by atoms with Crippen LogP contribution in [0.4, 0.5) is 11.4 Å². The van der Waals surface area contributed by atoms with Crippen molar-refractivity contribution in [2.75, 3.05) is 11.1 Å². The third-order valence-electron chi connectivity index (χ3n) is 3.24. The number of phenolic OH excluding ortho intramolecular Hbond substituents is 1. The van der Waals surface area contributed by atoms with Gasteiger partial charge in [0.15, 0.2) is 5.75 Å². The molecular weight excluding hydrogens is 266 g/mol. The lowest BCUT2D eigenvalue weighted by Gasteiger charge is -2.10. The molecule has 0 spiro atoms. The van der Waals surface area contributed by atoms with Crippen LogP contribution in [0.2, 0.25) is 0 Å². The number of benzene rings is 2. The Morgan fingerprint density at radius 2 is 1.95 bits per heavy atom. The second-order valence-corrected chi connectivity index (χ2v) is 4.60. The summed E-state index contributed by atoms with van der Waals surface area (Å²) in [7, 11) is 0. The maximum Gasteiger partial charge on any atom is 0.259 e. The number of aromatic nitrogens is 1. The van der Waals surface area contributed by atoms with Crippen LogP contribution in [0.5, 0.6) is 5.75 Å². The third-order valence-corrected chi connectivity index (χ3v) is 3.24. The van der Waals surface area contributed by atoms with Crippen LogP contribution in [0.25, 0.3) is 10.8 Å². The fourth-order valence-electron chi connectivity index (χ4n) is 2.17. The van der Waals surface area contributed by atoms with Crippen molar-refractivity contribution in [1.29, 1.82) is 0 Å². The average Bonchev–Trinajstić information content (AvgIpc) is 2.50. The highest BCUT2D eigenvalue weighted by Gasteiger charge is 2.14. The van der Waals surface area contributed by atoms with Crippen LogP contribution < -0.4 is 11.1 Å². The quantitative estimate of drug-likeness (QED) is 0.497. The van der Waals surface area contributed by atoms with Gasteiger partial charge in [0.1, 0.15) is 0 Å². The van der Waals surface area contributed by atoms with E-state index >= 15 is 0 Å². The number of nitrogens with zero attached hydrogens (tertiary/aromatic N) is 1. The number of rotatable bonds is 2. The molecule has 104 valence electrons. The first-order valence-corrected chi connectivity index (χ1v) is 6.38. The summed E-state index contributed by atoms with van der Waals surface area (Å²) in [5, 5.41) is 14.5. The lowest BCUT2D eigenvalue weighted by Crippen LogP contribution is -2.12. The van der Waals surface area contributed by atoms with Crippen molar-refractivity contribution in [2.24, 2.45) is 0 Å². The second kappa shape index (κ2) is 5.13. The largest absolute Gasteiger partial charge is 0.505 e. The molecule has 0 fully saturated rings. The van der Waals surface area contributed by atoms with Crippen molar-refractivity contribution in [3.8, 4) is 5.75 Å². The number of fused-ring (bicyclic) bond motifs is 1. The number of nitrogen functional groups attached to an aromatic ring is 1. The minimum absolute atomic E-state index is 0.140. The highest BCUT2D eigenvalue weighted by atomic mass is 16.3. The van der Waals surface area contributed by atoms with Crippen LogP contribution in [0.3, 0.4) is 0 Å². The Balaban J connectivity index is 1.99. The molecule has 0 aliphatic carbocycles. The summed E-state index contributed by atoms with van der Waals surface area (Å²) in [6, 6.07) is 12.0. The molecule has 0 radical (unpaired) electrons. The van der Waals surface area contributed by atoms with Gasteiger partial charge in [0.25, 0.3) is 5.91 Å². The smallest absolute Gasteiger partial charge is 0.259 e. The number of nitrogens with two attached hydrogens (primary N) is 1. The monoisotopic (exact) mass is 279 g/mol. The predicted octanol–water partition coefficient (Wildman–Crippen LogP) is 2.77. The van der Waals surface area contributed by atoms with E-state index < -0.39 is 5.91 Å². The first-order chi connectivity index (χ1) is 10.2. The second-order valence-electron chi connectivity index (χ2n) is 4.60. The van der Waals surface area contributed by atoms with Gasteiger partial charge in [-0.3, -0.25) is 9.78 Å². The molecule has 21 heavy (non-hydrogen) atoms. The maximum atomic E-state index is 12.3. The molecule has 1 amide bonds. The van der Waals surface area contributed by atoms with Gasteiger partial charge >= 0.3 is 0 Å². The van der Waals surface area contributed by atoms with Gasteiger partial charge in [-0.05, 0) is 24.3 Å². The maximum absolute atomic E-state index is 12.3. The average molecular weight is 279 g/mol. The zero-order chi connectivity index (χ0) is 14.8. The Bertz CT molecular complexity index is 825. The van der Waals surface area contributed by atoms with Crippen molar-refractivity contribution in [2.45, 2.75) is 0 Å². The van der Waals surface area contributed by atoms with Gasteiger partial charge in [-0.15, -0.1) is 0 Å². The van der Waals surface area contributed by atoms with Crippen molar-refractivity contribution in [1.82, 2.24) is 4.98 Å². The number of nitrogens with one attached hydrogen (secondary N) is 1. The van der Waals surface area contributed by atoms with E-state index in [1.807, 2.05) is 18.2 Å². The number of hydrogen-bond acceptors (Lipinski definition) is 4. The Morgan fingerprint density at radius 3 is 2.81 bits per heavy atom. The van der Waals surface area contributed by atoms with Crippen LogP contribution in [-0.2, 0) is 0 Å². The van der Waals surface area contributed by atoms with Crippen molar-refractivity contribution in [3.63, 3.8) is 0 Å². The fourth-order valence-corrected chi connectivity index (χ4v) is 2.17. The molecule has 4 N–H and O–H groups in total. The number of hydrogen-bond donors (Lipinski definition) is 3. The first-order valence-electron chi connectivity index (χ1n) is 6.38. The van der Waals surface area contributed by atoms with Crippen LogP contribution >= 0.6 is 0 Å². The molecule has 1 aromatic heterocycles. The zero-order valence-electron chi connectivity index (χ0n) is 11.1. The van der Waals surface area contributed by atoms with Gasteiger partial charge in [0.05, 0.1) is 11.3 Å². The normalized spacial score (nSPS) is 10.5. The van der Waals surface area contributed by atoms with Gasteiger partial charge in [0.2, 0.25) is 0 Å². The molecule has 0 saturated heterocycles. The molecule has 5 nitrogen and oxygen atoms in total. The number of pyridine rings is 1. The molecule has 0 aliphatic rings. The van der Waals surface area contributed by atoms with Crippen LogP contribution in [-0.4, -0.2) is 16.0 Å². The van der Waals surface area contributed by atoms with Gasteiger partial charge < -0.3 is 16.2 Å². The molecule has 0 bridgehead atoms. The Hall–Kier alpha value is -3.08. The number of carbonyl (C=O) groups is 1. The Labute approximate surface area is 121 Å². The SMILES string of the molecule is Nc1cccc(C(=O)Nc2cccc3cnccc23)c1O. The summed E-state index contributed by atoms with van der Waals surface area (Å²) in [6.07, 6.45) is 3.39. The molecule has 3 aromatic rings. The molecule has 0 atom stereocenters. The van der Waals surface area contributed by atoms with Gasteiger partial charge in [0, 0.05) is 28.9 Å². The van der Waals surface area contributed by atoms with Crippen molar-refractivity contribution in [3.05, 3.63) is 60.4 Å². The van der Waals surface area contributed by atoms with E-state index in [-0.39, 0.29) is 17.0 Å². The van der Waals surface area contributed by atoms with E-state index in [9.17, 15) is 9.90 Å². The topological polar surface area (TPSA) is 88.2 Å². The van der Waals surface area contributed by atoms with Crippen molar-refractivity contribution < 1.29 is 9.90 Å². The Morgan fingerprint density at radius 1 is 1.14 bits per heavy atom. The van der Waals surface area contributed by atoms with Gasteiger partial charge in [-0.1, -0.05) is 18.2 Å². The molecule has 2 aromatic carbocycles. The van der Waals surface area contributed by atoms with E-state index in [0.29, 0.717) is 5.69 Å². The minimum atomic E-state index is -0.413.